The van der Waals surface area contributed by atoms with E-state index in [-0.39, 0.29) is 11.4 Å². The van der Waals surface area contributed by atoms with E-state index in [0.29, 0.717) is 29.4 Å². The van der Waals surface area contributed by atoms with Crippen molar-refractivity contribution in [3.05, 3.63) is 101 Å². The highest BCUT2D eigenvalue weighted by Crippen LogP contribution is 2.27. The van der Waals surface area contributed by atoms with Gasteiger partial charge in [-0.3, -0.25) is 14.6 Å². The van der Waals surface area contributed by atoms with E-state index in [1.165, 1.54) is 11.1 Å². The molecule has 1 N–H and O–H groups in total. The first kappa shape index (κ1) is 20.2. The summed E-state index contributed by atoms with van der Waals surface area (Å²) in [5.74, 6) is -0.627. The summed E-state index contributed by atoms with van der Waals surface area (Å²) in [7, 11) is 1.68. The Bertz CT molecular complexity index is 1260. The largest absolute Gasteiger partial charge is 0.504 e. The fourth-order valence-electron chi connectivity index (χ4n) is 3.57. The predicted molar refractivity (Wildman–Crippen MR) is 118 cm³/mol. The second kappa shape index (κ2) is 8.75. The smallest absolute Gasteiger partial charge is 0.215 e. The number of hydrogen-bond donors (Lipinski definition) is 1. The molecule has 0 aliphatic rings. The van der Waals surface area contributed by atoms with Crippen LogP contribution in [0.2, 0.25) is 0 Å². The molecule has 0 atom stereocenters. The zero-order chi connectivity index (χ0) is 21.8. The quantitative estimate of drug-likeness (QED) is 0.370. The minimum absolute atomic E-state index is 0.0437. The van der Waals surface area contributed by atoms with Crippen LogP contribution < -0.4 is 0 Å². The topological polar surface area (TPSA) is 83.4 Å². The lowest BCUT2D eigenvalue weighted by atomic mass is 9.96. The molecule has 6 nitrogen and oxygen atoms in total. The van der Waals surface area contributed by atoms with E-state index in [4.69, 9.17) is 0 Å². The lowest BCUT2D eigenvalue weighted by Crippen LogP contribution is -2.16. The van der Waals surface area contributed by atoms with Crippen molar-refractivity contribution in [1.29, 1.82) is 0 Å². The highest BCUT2D eigenvalue weighted by molar-refractivity contribution is 6.11. The number of fused-ring (bicyclic) bond motifs is 1. The molecule has 0 spiro atoms. The highest BCUT2D eigenvalue weighted by atomic mass is 16.3. The van der Waals surface area contributed by atoms with E-state index in [2.05, 4.69) is 9.97 Å². The second-order valence-corrected chi connectivity index (χ2v) is 7.45. The number of benzene rings is 2. The number of rotatable bonds is 7. The molecule has 1 amide bonds. The second-order valence-electron chi connectivity index (χ2n) is 7.45. The number of hydrogen-bond acceptors (Lipinski definition) is 5. The minimum atomic E-state index is -0.394. The van der Waals surface area contributed by atoms with E-state index in [0.717, 1.165) is 23.1 Å². The number of carbonyl (C=O) groups is 2. The van der Waals surface area contributed by atoms with Crippen molar-refractivity contribution in [2.45, 2.75) is 13.0 Å². The molecule has 4 aromatic rings. The van der Waals surface area contributed by atoms with Gasteiger partial charge in [0.15, 0.2) is 11.4 Å². The van der Waals surface area contributed by atoms with Crippen molar-refractivity contribution < 1.29 is 14.7 Å². The first-order chi connectivity index (χ1) is 15.0. The van der Waals surface area contributed by atoms with Gasteiger partial charge in [-0.1, -0.05) is 36.4 Å². The number of nitrogens with zero attached hydrogens (tertiary/aromatic N) is 3. The SMILES string of the molecule is CN(C=O)Cc1cc(Cc2ccccc2)cc(C(=O)c2ncc3cccnc3c2O)c1. The summed E-state index contributed by atoms with van der Waals surface area (Å²) in [4.78, 5) is 34.3. The fraction of sp³-hybridized carbons (Fsp3) is 0.120. The van der Waals surface area contributed by atoms with Gasteiger partial charge in [0.1, 0.15) is 5.52 Å². The maximum absolute atomic E-state index is 13.3. The van der Waals surface area contributed by atoms with Gasteiger partial charge in [-0.15, -0.1) is 0 Å². The lowest BCUT2D eigenvalue weighted by Gasteiger charge is -2.14. The third-order valence-electron chi connectivity index (χ3n) is 5.01. The zero-order valence-corrected chi connectivity index (χ0v) is 17.0. The summed E-state index contributed by atoms with van der Waals surface area (Å²) in [6.45, 7) is 0.366. The Kier molecular flexibility index (Phi) is 5.71. The molecular weight excluding hydrogens is 390 g/mol. The first-order valence-corrected chi connectivity index (χ1v) is 9.85. The van der Waals surface area contributed by atoms with E-state index in [9.17, 15) is 14.7 Å². The summed E-state index contributed by atoms with van der Waals surface area (Å²) in [5, 5.41) is 11.3. The molecule has 0 bridgehead atoms. The highest BCUT2D eigenvalue weighted by Gasteiger charge is 2.19. The van der Waals surface area contributed by atoms with Gasteiger partial charge >= 0.3 is 0 Å². The van der Waals surface area contributed by atoms with Crippen LogP contribution in [0.15, 0.2) is 73.1 Å². The Hall–Kier alpha value is -4.06. The molecule has 2 aromatic heterocycles. The number of aromatic nitrogens is 2. The van der Waals surface area contributed by atoms with E-state index in [1.807, 2.05) is 42.5 Å². The Morgan fingerprint density at radius 3 is 2.55 bits per heavy atom. The first-order valence-electron chi connectivity index (χ1n) is 9.85. The van der Waals surface area contributed by atoms with Crippen LogP contribution in [0.3, 0.4) is 0 Å². The van der Waals surface area contributed by atoms with Gasteiger partial charge in [0.05, 0.1) is 0 Å². The molecule has 0 saturated carbocycles. The Labute approximate surface area is 179 Å². The van der Waals surface area contributed by atoms with Gasteiger partial charge in [0, 0.05) is 36.9 Å². The summed E-state index contributed by atoms with van der Waals surface area (Å²) >= 11 is 0. The molecule has 0 fully saturated rings. The van der Waals surface area contributed by atoms with Gasteiger partial charge in [0.25, 0.3) is 0 Å². The number of carbonyl (C=O) groups excluding carboxylic acids is 2. The zero-order valence-electron chi connectivity index (χ0n) is 17.0. The molecule has 0 saturated heterocycles. The van der Waals surface area contributed by atoms with Crippen LogP contribution >= 0.6 is 0 Å². The van der Waals surface area contributed by atoms with E-state index in [1.54, 1.807) is 31.4 Å². The minimum Gasteiger partial charge on any atom is -0.504 e. The van der Waals surface area contributed by atoms with Crippen molar-refractivity contribution in [3.8, 4) is 5.75 Å². The summed E-state index contributed by atoms with van der Waals surface area (Å²) < 4.78 is 0. The number of ketones is 1. The molecule has 31 heavy (non-hydrogen) atoms. The molecule has 2 heterocycles. The van der Waals surface area contributed by atoms with Gasteiger partial charge in [0.2, 0.25) is 12.2 Å². The summed E-state index contributed by atoms with van der Waals surface area (Å²) in [6.07, 6.45) is 4.47. The van der Waals surface area contributed by atoms with Crippen LogP contribution in [0.5, 0.6) is 5.75 Å². The monoisotopic (exact) mass is 411 g/mol. The van der Waals surface area contributed by atoms with Crippen LogP contribution in [-0.4, -0.2) is 39.2 Å². The van der Waals surface area contributed by atoms with Gasteiger partial charge in [-0.25, -0.2) is 4.98 Å². The fourth-order valence-corrected chi connectivity index (χ4v) is 3.57. The van der Waals surface area contributed by atoms with E-state index < -0.39 is 5.78 Å². The van der Waals surface area contributed by atoms with Crippen LogP contribution in [-0.2, 0) is 17.8 Å². The van der Waals surface area contributed by atoms with Crippen molar-refractivity contribution in [3.63, 3.8) is 0 Å². The van der Waals surface area contributed by atoms with Crippen molar-refractivity contribution in [2.75, 3.05) is 7.05 Å². The summed E-state index contributed by atoms with van der Waals surface area (Å²) in [6, 6.07) is 19.0. The predicted octanol–water partition coefficient (Wildman–Crippen LogP) is 3.75. The molecule has 154 valence electrons. The average molecular weight is 411 g/mol. The van der Waals surface area contributed by atoms with Crippen LogP contribution in [0.4, 0.5) is 0 Å². The Morgan fingerprint density at radius 1 is 1.00 bits per heavy atom. The van der Waals surface area contributed by atoms with Crippen LogP contribution in [0.25, 0.3) is 10.9 Å². The maximum Gasteiger partial charge on any atom is 0.215 e. The van der Waals surface area contributed by atoms with Crippen molar-refractivity contribution in [1.82, 2.24) is 14.9 Å². The Morgan fingerprint density at radius 2 is 1.77 bits per heavy atom. The molecule has 0 radical (unpaired) electrons. The van der Waals surface area contributed by atoms with E-state index >= 15 is 0 Å². The number of pyridine rings is 2. The van der Waals surface area contributed by atoms with Gasteiger partial charge in [-0.2, -0.15) is 0 Å². The Balaban J connectivity index is 1.76. The molecule has 4 rings (SSSR count). The van der Waals surface area contributed by atoms with Gasteiger partial charge < -0.3 is 10.0 Å². The molecule has 6 heteroatoms. The maximum atomic E-state index is 13.3. The van der Waals surface area contributed by atoms with Gasteiger partial charge in [-0.05, 0) is 47.4 Å². The van der Waals surface area contributed by atoms with Crippen molar-refractivity contribution >= 4 is 23.1 Å². The molecule has 0 aliphatic carbocycles. The normalized spacial score (nSPS) is 10.7. The standard InChI is InChI=1S/C25H21N3O3/c1-28(16-29)15-19-11-18(10-17-6-3-2-4-7-17)12-21(13-19)24(30)23-25(31)22-20(14-27-23)8-5-9-26-22/h2-9,11-14,16,31H,10,15H2,1H3. The molecular formula is C25H21N3O3. The van der Waals surface area contributed by atoms with Crippen molar-refractivity contribution in [2.24, 2.45) is 0 Å². The van der Waals surface area contributed by atoms with Crippen LogP contribution in [0.1, 0.15) is 32.7 Å². The number of amides is 1. The molecule has 0 aliphatic heterocycles. The average Bonchev–Trinajstić information content (AvgIpc) is 2.79. The van der Waals surface area contributed by atoms with Crippen LogP contribution in [0, 0.1) is 0 Å². The molecule has 0 unspecified atom stereocenters. The molecule has 2 aromatic carbocycles. The number of aromatic hydroxyl groups is 1. The summed E-state index contributed by atoms with van der Waals surface area (Å²) in [5.41, 5.74) is 3.56. The third-order valence-corrected chi connectivity index (χ3v) is 5.01. The lowest BCUT2D eigenvalue weighted by molar-refractivity contribution is -0.117. The third kappa shape index (κ3) is 4.43.